The van der Waals surface area contributed by atoms with Gasteiger partial charge in [0, 0.05) is 17.1 Å². The molecule has 0 atom stereocenters. The van der Waals surface area contributed by atoms with Crippen molar-refractivity contribution in [2.45, 2.75) is 13.1 Å². The lowest BCUT2D eigenvalue weighted by Gasteiger charge is -2.14. The van der Waals surface area contributed by atoms with Gasteiger partial charge in [-0.3, -0.25) is 0 Å². The molecule has 0 spiro atoms. The molecule has 0 amide bonds. The molecule has 0 saturated heterocycles. The van der Waals surface area contributed by atoms with Crippen molar-refractivity contribution in [3.05, 3.63) is 51.7 Å². The van der Waals surface area contributed by atoms with Gasteiger partial charge >= 0.3 is 6.18 Å². The molecule has 0 heterocycles. The SMILES string of the molecule is Cc1cc(F)c(Br)cc1Nc1ccc(N)c(C(F)(F)F)c1. The van der Waals surface area contributed by atoms with Crippen molar-refractivity contribution in [1.82, 2.24) is 0 Å². The van der Waals surface area contributed by atoms with E-state index in [4.69, 9.17) is 5.73 Å². The van der Waals surface area contributed by atoms with Crippen LogP contribution in [-0.2, 0) is 6.18 Å². The number of alkyl halides is 3. The highest BCUT2D eigenvalue weighted by Gasteiger charge is 2.33. The van der Waals surface area contributed by atoms with Gasteiger partial charge in [-0.2, -0.15) is 13.2 Å². The lowest BCUT2D eigenvalue weighted by molar-refractivity contribution is -0.136. The smallest absolute Gasteiger partial charge is 0.398 e. The first-order valence-corrected chi connectivity index (χ1v) is 6.67. The summed E-state index contributed by atoms with van der Waals surface area (Å²) in [5.74, 6) is -0.439. The maximum atomic E-state index is 13.3. The number of aryl methyl sites for hydroxylation is 1. The molecule has 7 heteroatoms. The van der Waals surface area contributed by atoms with Crippen LogP contribution < -0.4 is 11.1 Å². The van der Waals surface area contributed by atoms with Crippen LogP contribution >= 0.6 is 15.9 Å². The molecule has 2 aromatic carbocycles. The third kappa shape index (κ3) is 3.47. The number of hydrogen-bond acceptors (Lipinski definition) is 2. The Hall–Kier alpha value is -1.76. The number of benzene rings is 2. The topological polar surface area (TPSA) is 38.0 Å². The van der Waals surface area contributed by atoms with Crippen LogP contribution in [0.3, 0.4) is 0 Å². The zero-order valence-corrected chi connectivity index (χ0v) is 12.4. The van der Waals surface area contributed by atoms with Crippen molar-refractivity contribution in [3.8, 4) is 0 Å². The van der Waals surface area contributed by atoms with Gasteiger partial charge in [0.25, 0.3) is 0 Å². The monoisotopic (exact) mass is 362 g/mol. The Morgan fingerprint density at radius 2 is 1.81 bits per heavy atom. The van der Waals surface area contributed by atoms with E-state index in [2.05, 4.69) is 21.2 Å². The summed E-state index contributed by atoms with van der Waals surface area (Å²) < 4.78 is 52.0. The molecular weight excluding hydrogens is 352 g/mol. The van der Waals surface area contributed by atoms with E-state index in [1.807, 2.05) is 0 Å². The molecule has 0 aliphatic carbocycles. The molecule has 0 aliphatic heterocycles. The molecule has 2 aromatic rings. The van der Waals surface area contributed by atoms with Gasteiger partial charge in [-0.15, -0.1) is 0 Å². The molecule has 0 bridgehead atoms. The van der Waals surface area contributed by atoms with Crippen molar-refractivity contribution in [2.24, 2.45) is 0 Å². The highest BCUT2D eigenvalue weighted by Crippen LogP contribution is 2.36. The van der Waals surface area contributed by atoms with E-state index in [0.29, 0.717) is 11.3 Å². The van der Waals surface area contributed by atoms with Crippen molar-refractivity contribution in [2.75, 3.05) is 11.1 Å². The van der Waals surface area contributed by atoms with E-state index in [9.17, 15) is 17.6 Å². The number of anilines is 3. The van der Waals surface area contributed by atoms with Crippen molar-refractivity contribution in [1.29, 1.82) is 0 Å². The summed E-state index contributed by atoms with van der Waals surface area (Å²) >= 11 is 3.04. The normalized spacial score (nSPS) is 11.5. The van der Waals surface area contributed by atoms with Crippen LogP contribution in [-0.4, -0.2) is 0 Å². The number of nitrogens with one attached hydrogen (secondary N) is 1. The van der Waals surface area contributed by atoms with Crippen LogP contribution in [0.1, 0.15) is 11.1 Å². The second kappa shape index (κ2) is 5.55. The van der Waals surface area contributed by atoms with Crippen LogP contribution in [0.15, 0.2) is 34.8 Å². The quantitative estimate of drug-likeness (QED) is 0.566. The summed E-state index contributed by atoms with van der Waals surface area (Å²) in [6, 6.07) is 6.29. The fourth-order valence-electron chi connectivity index (χ4n) is 1.82. The minimum Gasteiger partial charge on any atom is -0.398 e. The molecule has 0 saturated carbocycles. The third-order valence-corrected chi connectivity index (χ3v) is 3.51. The predicted octanol–water partition coefficient (Wildman–Crippen LogP) is 5.24. The van der Waals surface area contributed by atoms with Crippen molar-refractivity contribution < 1.29 is 17.6 Å². The highest BCUT2D eigenvalue weighted by molar-refractivity contribution is 9.10. The van der Waals surface area contributed by atoms with Gasteiger partial charge in [0.15, 0.2) is 0 Å². The molecule has 0 fully saturated rings. The van der Waals surface area contributed by atoms with Crippen LogP contribution in [0, 0.1) is 12.7 Å². The molecule has 112 valence electrons. The third-order valence-electron chi connectivity index (χ3n) is 2.90. The summed E-state index contributed by atoms with van der Waals surface area (Å²) in [5, 5.41) is 2.83. The first kappa shape index (κ1) is 15.6. The van der Waals surface area contributed by atoms with E-state index >= 15 is 0 Å². The number of nitrogens with two attached hydrogens (primary N) is 1. The molecule has 0 aliphatic rings. The Balaban J connectivity index is 2.39. The molecule has 2 nitrogen and oxygen atoms in total. The van der Waals surface area contributed by atoms with E-state index < -0.39 is 17.6 Å². The largest absolute Gasteiger partial charge is 0.418 e. The predicted molar refractivity (Wildman–Crippen MR) is 78.0 cm³/mol. The number of nitrogen functional groups attached to an aromatic ring is 1. The molecular formula is C14H11BrF4N2. The molecule has 0 aromatic heterocycles. The maximum Gasteiger partial charge on any atom is 0.418 e. The van der Waals surface area contributed by atoms with E-state index in [1.165, 1.54) is 24.3 Å². The van der Waals surface area contributed by atoms with Crippen LogP contribution in [0.5, 0.6) is 0 Å². The Morgan fingerprint density at radius 3 is 2.43 bits per heavy atom. The Morgan fingerprint density at radius 1 is 1.14 bits per heavy atom. The highest BCUT2D eigenvalue weighted by atomic mass is 79.9. The van der Waals surface area contributed by atoms with Gasteiger partial charge in [-0.05, 0) is 58.7 Å². The van der Waals surface area contributed by atoms with Gasteiger partial charge in [-0.1, -0.05) is 0 Å². The first-order valence-electron chi connectivity index (χ1n) is 5.88. The summed E-state index contributed by atoms with van der Waals surface area (Å²) in [6.45, 7) is 1.65. The number of hydrogen-bond donors (Lipinski definition) is 2. The number of rotatable bonds is 2. The second-order valence-corrected chi connectivity index (χ2v) is 5.36. The van der Waals surface area contributed by atoms with Gasteiger partial charge in [0.2, 0.25) is 0 Å². The van der Waals surface area contributed by atoms with Gasteiger partial charge in [0.05, 0.1) is 10.0 Å². The molecule has 2 rings (SSSR count). The first-order chi connectivity index (χ1) is 9.68. The second-order valence-electron chi connectivity index (χ2n) is 4.51. The van der Waals surface area contributed by atoms with E-state index in [-0.39, 0.29) is 15.8 Å². The molecule has 21 heavy (non-hydrogen) atoms. The van der Waals surface area contributed by atoms with Crippen molar-refractivity contribution >= 4 is 33.0 Å². The standard InChI is InChI=1S/C14H11BrF4N2/c1-7-4-11(16)10(15)6-13(7)21-8-2-3-12(20)9(5-8)14(17,18)19/h2-6,21H,20H2,1H3. The summed E-state index contributed by atoms with van der Waals surface area (Å²) in [6.07, 6.45) is -4.53. The van der Waals surface area contributed by atoms with Crippen LogP contribution in [0.4, 0.5) is 34.6 Å². The van der Waals surface area contributed by atoms with Crippen molar-refractivity contribution in [3.63, 3.8) is 0 Å². The molecule has 3 N–H and O–H groups in total. The Kier molecular flexibility index (Phi) is 4.13. The minimum atomic E-state index is -4.53. The fraction of sp³-hybridized carbons (Fsp3) is 0.143. The van der Waals surface area contributed by atoms with Crippen LogP contribution in [0.2, 0.25) is 0 Å². The number of halogens is 5. The van der Waals surface area contributed by atoms with Gasteiger partial charge in [0.1, 0.15) is 5.82 Å². The molecule has 0 unspecified atom stereocenters. The van der Waals surface area contributed by atoms with E-state index in [0.717, 1.165) is 6.07 Å². The zero-order valence-electron chi connectivity index (χ0n) is 10.9. The minimum absolute atomic E-state index is 0.220. The zero-order chi connectivity index (χ0) is 15.8. The molecule has 0 radical (unpaired) electrons. The van der Waals surface area contributed by atoms with Gasteiger partial charge < -0.3 is 11.1 Å². The summed E-state index contributed by atoms with van der Waals surface area (Å²) in [5.41, 5.74) is 5.38. The lowest BCUT2D eigenvalue weighted by Crippen LogP contribution is -2.09. The summed E-state index contributed by atoms with van der Waals surface area (Å²) in [4.78, 5) is 0. The Bertz CT molecular complexity index is 683. The average Bonchev–Trinajstić information content (AvgIpc) is 2.37. The maximum absolute atomic E-state index is 13.3. The lowest BCUT2D eigenvalue weighted by atomic mass is 10.1. The fourth-order valence-corrected chi connectivity index (χ4v) is 2.16. The van der Waals surface area contributed by atoms with Gasteiger partial charge in [-0.25, -0.2) is 4.39 Å². The Labute approximate surface area is 127 Å². The van der Waals surface area contributed by atoms with E-state index in [1.54, 1.807) is 6.92 Å². The van der Waals surface area contributed by atoms with Crippen LogP contribution in [0.25, 0.3) is 0 Å². The average molecular weight is 363 g/mol. The summed E-state index contributed by atoms with van der Waals surface area (Å²) in [7, 11) is 0.